The first-order chi connectivity index (χ1) is 21.4. The van der Waals surface area contributed by atoms with Crippen LogP contribution in [0.1, 0.15) is 12.5 Å². The number of nitrogens with one attached hydrogen (secondary N) is 1. The molecule has 2 saturated heterocycles. The molecule has 2 aliphatic heterocycles. The Morgan fingerprint density at radius 3 is 2.31 bits per heavy atom. The van der Waals surface area contributed by atoms with E-state index in [9.17, 15) is 34.7 Å². The van der Waals surface area contributed by atoms with Crippen molar-refractivity contribution in [1.29, 1.82) is 0 Å². The number of nitrogens with zero attached hydrogens (tertiary/aromatic N) is 7. The van der Waals surface area contributed by atoms with E-state index in [1.54, 1.807) is 0 Å². The molecule has 244 valence electrons. The second-order valence-electron chi connectivity index (χ2n) is 9.56. The van der Waals surface area contributed by atoms with Gasteiger partial charge in [-0.1, -0.05) is 0 Å². The Morgan fingerprint density at radius 1 is 0.978 bits per heavy atom. The van der Waals surface area contributed by atoms with E-state index < -0.39 is 84.4 Å². The number of phosphoric ester groups is 1. The smallest absolute Gasteiger partial charge is 0.394 e. The summed E-state index contributed by atoms with van der Waals surface area (Å²) in [5.74, 6) is -0.171. The number of anilines is 2. The van der Waals surface area contributed by atoms with Crippen LogP contribution in [0.15, 0.2) is 23.8 Å². The lowest BCUT2D eigenvalue weighted by Gasteiger charge is -2.24. The van der Waals surface area contributed by atoms with Gasteiger partial charge in [0, 0.05) is 0 Å². The number of aliphatic hydroxyl groups is 4. The molecule has 4 aromatic heterocycles. The normalized spacial score (nSPS) is 29.6. The Hall–Kier alpha value is -3.57. The maximum Gasteiger partial charge on any atom is 0.472 e. The van der Waals surface area contributed by atoms with Crippen LogP contribution < -0.4 is 17.0 Å². The number of ether oxygens (including phenoxy) is 2. The Morgan fingerprint density at radius 2 is 1.62 bits per heavy atom. The third-order valence-electron chi connectivity index (χ3n) is 6.87. The van der Waals surface area contributed by atoms with Gasteiger partial charge in [-0.2, -0.15) is 4.98 Å². The van der Waals surface area contributed by atoms with Crippen molar-refractivity contribution in [3.05, 3.63) is 29.3 Å². The highest BCUT2D eigenvalue weighted by atomic mass is 31.2. The first-order valence-corrected chi connectivity index (χ1v) is 14.9. The van der Waals surface area contributed by atoms with E-state index in [0.29, 0.717) is 0 Å². The maximum absolute atomic E-state index is 13.0. The first-order valence-electron chi connectivity index (χ1n) is 12.6. The SMILES string of the molecule is Nc1nc2c(ncn2[C@@H]2O[C@H](CO)[C@@H](O)[C@H]2OP(=O)(O)OC[C@H]2O[C@@H](n3cnc4c(N)ncnc43)[C@H](O)[C@@H]2O)c(=O)[nH]1.O=PO. The molecule has 2 aliphatic rings. The van der Waals surface area contributed by atoms with Gasteiger partial charge >= 0.3 is 16.5 Å². The summed E-state index contributed by atoms with van der Waals surface area (Å²) in [6.07, 6.45) is -8.05. The van der Waals surface area contributed by atoms with Crippen molar-refractivity contribution in [2.75, 3.05) is 24.7 Å². The summed E-state index contributed by atoms with van der Waals surface area (Å²) in [6.45, 7) is -1.44. The number of aromatic nitrogens is 8. The number of nitrogens with two attached hydrogens (primary N) is 2. The van der Waals surface area contributed by atoms with Gasteiger partial charge in [-0.15, -0.1) is 0 Å². The second-order valence-corrected chi connectivity index (χ2v) is 11.1. The summed E-state index contributed by atoms with van der Waals surface area (Å²) in [5, 5.41) is 41.5. The number of H-pyrrole nitrogens is 1. The highest BCUT2D eigenvalue weighted by molar-refractivity contribution is 7.47. The third-order valence-corrected chi connectivity index (χ3v) is 7.86. The molecule has 0 amide bonds. The third kappa shape index (κ3) is 6.29. The predicted molar refractivity (Wildman–Crippen MR) is 146 cm³/mol. The van der Waals surface area contributed by atoms with Gasteiger partial charge in [0.15, 0.2) is 35.1 Å². The molecule has 11 N–H and O–H groups in total. The number of fused-ring (bicyclic) bond motifs is 2. The minimum Gasteiger partial charge on any atom is -0.394 e. The summed E-state index contributed by atoms with van der Waals surface area (Å²) >= 11 is 0. The molecule has 0 saturated carbocycles. The zero-order valence-electron chi connectivity index (χ0n) is 22.5. The van der Waals surface area contributed by atoms with Gasteiger partial charge in [0.05, 0.1) is 25.9 Å². The van der Waals surface area contributed by atoms with Gasteiger partial charge < -0.3 is 51.2 Å². The molecule has 6 rings (SSSR count). The van der Waals surface area contributed by atoms with Crippen molar-refractivity contribution >= 4 is 50.6 Å². The van der Waals surface area contributed by atoms with E-state index in [0.717, 1.165) is 10.9 Å². The number of aliphatic hydroxyl groups excluding tert-OH is 4. The molecule has 9 atom stereocenters. The van der Waals surface area contributed by atoms with Crippen LogP contribution in [-0.4, -0.2) is 119 Å². The Bertz CT molecular complexity index is 1790. The number of phosphoric acid groups is 1. The van der Waals surface area contributed by atoms with Gasteiger partial charge in [-0.05, 0) is 0 Å². The highest BCUT2D eigenvalue weighted by Crippen LogP contribution is 2.50. The Labute approximate surface area is 250 Å². The largest absolute Gasteiger partial charge is 0.472 e. The van der Waals surface area contributed by atoms with Crippen molar-refractivity contribution in [3.8, 4) is 0 Å². The molecule has 6 heterocycles. The molecule has 0 aromatic carbocycles. The van der Waals surface area contributed by atoms with Crippen LogP contribution in [0.4, 0.5) is 11.8 Å². The molecule has 0 aliphatic carbocycles. The number of rotatable bonds is 8. The molecular weight excluding hydrogens is 650 g/mol. The summed E-state index contributed by atoms with van der Waals surface area (Å²) in [5.41, 5.74) is 11.0. The van der Waals surface area contributed by atoms with Crippen molar-refractivity contribution in [3.63, 3.8) is 0 Å². The summed E-state index contributed by atoms with van der Waals surface area (Å²) in [7, 11) is -5.89. The van der Waals surface area contributed by atoms with Crippen LogP contribution in [0.5, 0.6) is 0 Å². The van der Waals surface area contributed by atoms with Crippen molar-refractivity contribution in [2.45, 2.75) is 49.1 Å². The standard InChI is InChI=1S/C20H25N10O11P.HO2P/c21-14-8-15(24-3-23-14)29(4-25-8)18-12(34)10(32)7(40-18)2-38-42(36,37)41-13-11(33)6(1-31)39-19(13)30-5-26-9-16(30)27-20(22)28-17(9)35;1-3-2/h3-7,10-13,18-19,31-34H,1-2H2,(H,36,37)(H2,21,23,24)(H3,22,27,28,35);(H,1,2)/t6-,7-,10-,11-,12-,13-,18-,19-;/m1./s1. The molecule has 1 unspecified atom stereocenters. The minimum atomic E-state index is -5.06. The maximum atomic E-state index is 13.0. The predicted octanol–water partition coefficient (Wildman–Crippen LogP) is -3.32. The topological polar surface area (TPSA) is 352 Å². The molecule has 0 radical (unpaired) electrons. The van der Waals surface area contributed by atoms with Crippen molar-refractivity contribution in [1.82, 2.24) is 39.0 Å². The van der Waals surface area contributed by atoms with Crippen LogP contribution in [0, 0.1) is 0 Å². The van der Waals surface area contributed by atoms with Crippen LogP contribution in [0.2, 0.25) is 0 Å². The fourth-order valence-electron chi connectivity index (χ4n) is 4.84. The molecule has 23 nitrogen and oxygen atoms in total. The van der Waals surface area contributed by atoms with Crippen molar-refractivity contribution < 1.29 is 57.9 Å². The van der Waals surface area contributed by atoms with E-state index in [2.05, 4.69) is 29.9 Å². The van der Waals surface area contributed by atoms with Crippen LogP contribution in [-0.2, 0) is 27.7 Å². The number of aromatic amines is 1. The average molecular weight is 676 g/mol. The summed E-state index contributed by atoms with van der Waals surface area (Å²) < 4.78 is 45.5. The molecule has 25 heteroatoms. The van der Waals surface area contributed by atoms with Gasteiger partial charge in [-0.25, -0.2) is 29.1 Å². The first kappa shape index (κ1) is 32.8. The molecule has 0 spiro atoms. The molecule has 4 aromatic rings. The fourth-order valence-corrected chi connectivity index (χ4v) is 5.77. The van der Waals surface area contributed by atoms with E-state index >= 15 is 0 Å². The van der Waals surface area contributed by atoms with Gasteiger partial charge in [-0.3, -0.25) is 28.0 Å². The van der Waals surface area contributed by atoms with Crippen LogP contribution in [0.3, 0.4) is 0 Å². The molecular formula is C20H26N10O13P2. The zero-order valence-corrected chi connectivity index (χ0v) is 24.3. The van der Waals surface area contributed by atoms with E-state index in [1.165, 1.54) is 17.2 Å². The minimum absolute atomic E-state index is 0.0830. The molecule has 2 fully saturated rings. The van der Waals surface area contributed by atoms with E-state index in [1.807, 2.05) is 0 Å². The molecule has 45 heavy (non-hydrogen) atoms. The summed E-state index contributed by atoms with van der Waals surface area (Å²) in [6, 6.07) is 0. The Balaban J connectivity index is 0.00000128. The quantitative estimate of drug-likeness (QED) is 0.0824. The second kappa shape index (κ2) is 13.0. The lowest BCUT2D eigenvalue weighted by Crippen LogP contribution is -2.36. The van der Waals surface area contributed by atoms with Crippen molar-refractivity contribution in [2.24, 2.45) is 0 Å². The van der Waals surface area contributed by atoms with Gasteiger partial charge in [0.25, 0.3) is 5.56 Å². The monoisotopic (exact) mass is 676 g/mol. The number of imidazole rings is 2. The lowest BCUT2D eigenvalue weighted by molar-refractivity contribution is -0.0615. The van der Waals surface area contributed by atoms with Crippen LogP contribution in [0.25, 0.3) is 22.3 Å². The van der Waals surface area contributed by atoms with E-state index in [4.69, 9.17) is 39.4 Å². The fraction of sp³-hybridized carbons (Fsp3) is 0.500. The van der Waals surface area contributed by atoms with Gasteiger partial charge in [0.1, 0.15) is 48.5 Å². The number of hydrogen-bond donors (Lipinski definition) is 9. The van der Waals surface area contributed by atoms with E-state index in [-0.39, 0.29) is 34.1 Å². The van der Waals surface area contributed by atoms with Gasteiger partial charge in [0.2, 0.25) is 5.95 Å². The zero-order chi connectivity index (χ0) is 32.6. The number of nitrogen functional groups attached to an aromatic ring is 2. The average Bonchev–Trinajstić information content (AvgIpc) is 3.74. The molecule has 0 bridgehead atoms. The number of hydrogen-bond acceptors (Lipinski definition) is 18. The van der Waals surface area contributed by atoms with Crippen LogP contribution >= 0.6 is 16.5 Å². The summed E-state index contributed by atoms with van der Waals surface area (Å²) in [4.78, 5) is 51.9. The lowest BCUT2D eigenvalue weighted by atomic mass is 10.1. The Kier molecular flexibility index (Phi) is 9.51. The highest BCUT2D eigenvalue weighted by Gasteiger charge is 2.50.